The Labute approximate surface area is 208 Å². The molecule has 7 heteroatoms. The molecule has 1 N–H and O–H groups in total. The lowest BCUT2D eigenvalue weighted by Gasteiger charge is -2.40. The van der Waals surface area contributed by atoms with E-state index in [9.17, 15) is 9.90 Å². The van der Waals surface area contributed by atoms with Crippen molar-refractivity contribution in [1.82, 2.24) is 9.80 Å². The number of likely N-dealkylation sites (tertiary alicyclic amines) is 2. The van der Waals surface area contributed by atoms with Crippen LogP contribution in [0.1, 0.15) is 64.2 Å². The molecule has 1 aromatic rings. The molecule has 0 spiro atoms. The topological polar surface area (TPSA) is 53.0 Å². The maximum absolute atomic E-state index is 12.0. The highest BCUT2D eigenvalue weighted by atomic mass is 35.5. The zero-order chi connectivity index (χ0) is 23.2. The van der Waals surface area contributed by atoms with Crippen LogP contribution >= 0.6 is 23.2 Å². The van der Waals surface area contributed by atoms with Gasteiger partial charge in [-0.1, -0.05) is 55.3 Å². The van der Waals surface area contributed by atoms with Crippen molar-refractivity contribution in [3.05, 3.63) is 28.2 Å². The lowest BCUT2D eigenvalue weighted by molar-refractivity contribution is -0.144. The van der Waals surface area contributed by atoms with Gasteiger partial charge < -0.3 is 14.7 Å². The van der Waals surface area contributed by atoms with Crippen LogP contribution in [0.4, 0.5) is 0 Å². The maximum atomic E-state index is 12.0. The van der Waals surface area contributed by atoms with Crippen molar-refractivity contribution >= 4 is 29.2 Å². The van der Waals surface area contributed by atoms with Gasteiger partial charge in [-0.3, -0.25) is 9.69 Å². The van der Waals surface area contributed by atoms with E-state index in [0.717, 1.165) is 70.6 Å². The van der Waals surface area contributed by atoms with E-state index in [2.05, 4.69) is 9.80 Å². The Morgan fingerprint density at radius 1 is 0.939 bits per heavy atom. The fourth-order valence-corrected chi connectivity index (χ4v) is 6.20. The number of carboxylic acids is 1. The van der Waals surface area contributed by atoms with Gasteiger partial charge in [-0.25, -0.2) is 0 Å². The fraction of sp³-hybridized carbons (Fsp3) is 0.731. The van der Waals surface area contributed by atoms with Gasteiger partial charge >= 0.3 is 5.97 Å². The van der Waals surface area contributed by atoms with E-state index in [1.807, 2.05) is 6.07 Å². The lowest BCUT2D eigenvalue weighted by atomic mass is 9.84. The summed E-state index contributed by atoms with van der Waals surface area (Å²) in [6, 6.07) is 5.17. The molecule has 33 heavy (non-hydrogen) atoms. The number of ether oxygens (including phenoxy) is 1. The molecule has 2 aliphatic heterocycles. The second-order valence-electron chi connectivity index (χ2n) is 10.3. The Bertz CT molecular complexity index is 771. The number of carbonyl (C=O) groups is 1. The molecule has 184 valence electrons. The van der Waals surface area contributed by atoms with Crippen LogP contribution < -0.4 is 4.74 Å². The number of carboxylic acid groups (broad SMARTS) is 1. The Kier molecular flexibility index (Phi) is 9.20. The van der Waals surface area contributed by atoms with E-state index in [0.29, 0.717) is 21.9 Å². The van der Waals surface area contributed by atoms with Gasteiger partial charge in [-0.2, -0.15) is 0 Å². The average molecular weight is 498 g/mol. The summed E-state index contributed by atoms with van der Waals surface area (Å²) in [4.78, 5) is 16.8. The van der Waals surface area contributed by atoms with Gasteiger partial charge in [0.05, 0.1) is 10.0 Å². The fourth-order valence-electron chi connectivity index (χ4n) is 5.91. The van der Waals surface area contributed by atoms with Crippen molar-refractivity contribution in [2.24, 2.45) is 11.8 Å². The Morgan fingerprint density at radius 3 is 2.27 bits per heavy atom. The van der Waals surface area contributed by atoms with Crippen LogP contribution in [0.5, 0.6) is 5.75 Å². The molecule has 0 bridgehead atoms. The number of nitrogens with zero attached hydrogens (tertiary/aromatic N) is 2. The largest absolute Gasteiger partial charge is 0.490 e. The molecule has 3 aliphatic rings. The lowest BCUT2D eigenvalue weighted by Crippen LogP contribution is -2.48. The molecule has 3 fully saturated rings. The summed E-state index contributed by atoms with van der Waals surface area (Å²) in [5.74, 6) is 1.43. The highest BCUT2D eigenvalue weighted by Crippen LogP contribution is 2.31. The van der Waals surface area contributed by atoms with E-state index in [1.54, 1.807) is 12.1 Å². The number of aliphatic carboxylic acids is 1. The quantitative estimate of drug-likeness (QED) is 0.480. The number of halogens is 2. The summed E-state index contributed by atoms with van der Waals surface area (Å²) in [6.45, 7) is 5.06. The molecular weight excluding hydrogens is 459 g/mol. The summed E-state index contributed by atoms with van der Waals surface area (Å²) in [7, 11) is 0. The van der Waals surface area contributed by atoms with E-state index < -0.39 is 5.97 Å². The van der Waals surface area contributed by atoms with Crippen molar-refractivity contribution in [2.75, 3.05) is 32.7 Å². The Morgan fingerprint density at radius 2 is 1.64 bits per heavy atom. The summed E-state index contributed by atoms with van der Waals surface area (Å²) in [6.07, 6.45) is 11.6. The highest BCUT2D eigenvalue weighted by Gasteiger charge is 2.33. The second-order valence-corrected chi connectivity index (χ2v) is 11.1. The van der Waals surface area contributed by atoms with Crippen LogP contribution in [0.2, 0.25) is 10.0 Å². The number of hydrogen-bond donors (Lipinski definition) is 1. The standard InChI is InChI=1S/C26H38Cl2N2O3/c27-23-7-6-22(17-24(23)28)33-21-10-12-29(13-11-21)18-20-8-14-30(15-9-20)25(26(31)32)16-19-4-2-1-3-5-19/h6-7,17,19-21,25H,1-5,8-16,18H2,(H,31,32)/t25-/m0/s1. The predicted octanol–water partition coefficient (Wildman–Crippen LogP) is 5.97. The van der Waals surface area contributed by atoms with Crippen molar-refractivity contribution in [3.8, 4) is 5.75 Å². The maximum Gasteiger partial charge on any atom is 0.320 e. The van der Waals surface area contributed by atoms with Crippen LogP contribution in [-0.2, 0) is 4.79 Å². The molecule has 0 aromatic heterocycles. The third-order valence-electron chi connectivity index (χ3n) is 7.90. The third-order valence-corrected chi connectivity index (χ3v) is 8.64. The third kappa shape index (κ3) is 7.24. The van der Waals surface area contributed by atoms with Crippen LogP contribution in [0, 0.1) is 11.8 Å². The molecule has 1 saturated carbocycles. The zero-order valence-corrected chi connectivity index (χ0v) is 21.1. The number of rotatable bonds is 8. The average Bonchev–Trinajstić information content (AvgIpc) is 2.82. The van der Waals surface area contributed by atoms with Crippen molar-refractivity contribution in [1.29, 1.82) is 0 Å². The van der Waals surface area contributed by atoms with Crippen molar-refractivity contribution in [3.63, 3.8) is 0 Å². The Balaban J connectivity index is 1.17. The highest BCUT2D eigenvalue weighted by molar-refractivity contribution is 6.42. The van der Waals surface area contributed by atoms with E-state index in [-0.39, 0.29) is 12.1 Å². The van der Waals surface area contributed by atoms with E-state index >= 15 is 0 Å². The number of hydrogen-bond acceptors (Lipinski definition) is 4. The predicted molar refractivity (Wildman–Crippen MR) is 133 cm³/mol. The van der Waals surface area contributed by atoms with Gasteiger partial charge in [0, 0.05) is 25.7 Å². The van der Waals surface area contributed by atoms with Gasteiger partial charge in [-0.05, 0) is 69.2 Å². The van der Waals surface area contributed by atoms with Gasteiger partial charge in [0.15, 0.2) is 0 Å². The molecule has 0 unspecified atom stereocenters. The minimum atomic E-state index is -0.622. The molecule has 0 amide bonds. The number of benzene rings is 1. The monoisotopic (exact) mass is 496 g/mol. The smallest absolute Gasteiger partial charge is 0.320 e. The van der Waals surface area contributed by atoms with Crippen molar-refractivity contribution < 1.29 is 14.6 Å². The van der Waals surface area contributed by atoms with Crippen LogP contribution in [0.3, 0.4) is 0 Å². The van der Waals surface area contributed by atoms with Gasteiger partial charge in [0.25, 0.3) is 0 Å². The molecule has 5 nitrogen and oxygen atoms in total. The summed E-state index contributed by atoms with van der Waals surface area (Å²) >= 11 is 12.1. The second kappa shape index (κ2) is 12.1. The molecule has 1 atom stereocenters. The first-order chi connectivity index (χ1) is 16.0. The first kappa shape index (κ1) is 25.1. The van der Waals surface area contributed by atoms with Crippen molar-refractivity contribution in [2.45, 2.75) is 76.4 Å². The van der Waals surface area contributed by atoms with Crippen LogP contribution in [-0.4, -0.2) is 65.7 Å². The number of piperidine rings is 2. The molecule has 1 aliphatic carbocycles. The van der Waals surface area contributed by atoms with E-state index in [1.165, 1.54) is 32.1 Å². The SMILES string of the molecule is O=C(O)[C@H](CC1CCCCC1)N1CCC(CN2CCC(Oc3ccc(Cl)c(Cl)c3)CC2)CC1. The van der Waals surface area contributed by atoms with Crippen LogP contribution in [0.15, 0.2) is 18.2 Å². The van der Waals surface area contributed by atoms with Crippen LogP contribution in [0.25, 0.3) is 0 Å². The minimum Gasteiger partial charge on any atom is -0.490 e. The zero-order valence-electron chi connectivity index (χ0n) is 19.6. The molecule has 0 radical (unpaired) electrons. The first-order valence-corrected chi connectivity index (χ1v) is 13.5. The molecular formula is C26H38Cl2N2O3. The van der Waals surface area contributed by atoms with E-state index in [4.69, 9.17) is 27.9 Å². The molecule has 2 heterocycles. The Hall–Kier alpha value is -1.01. The van der Waals surface area contributed by atoms with Gasteiger partial charge in [-0.15, -0.1) is 0 Å². The summed E-state index contributed by atoms with van der Waals surface area (Å²) in [5.41, 5.74) is 0. The van der Waals surface area contributed by atoms with Gasteiger partial charge in [0.1, 0.15) is 17.9 Å². The minimum absolute atomic E-state index is 0.219. The molecule has 4 rings (SSSR count). The molecule has 2 saturated heterocycles. The van der Waals surface area contributed by atoms with Gasteiger partial charge in [0.2, 0.25) is 0 Å². The summed E-state index contributed by atoms with van der Waals surface area (Å²) < 4.78 is 6.12. The molecule has 1 aromatic carbocycles. The normalized spacial score (nSPS) is 23.5. The summed E-state index contributed by atoms with van der Waals surface area (Å²) in [5, 5.41) is 10.9. The first-order valence-electron chi connectivity index (χ1n) is 12.8.